The summed E-state index contributed by atoms with van der Waals surface area (Å²) in [7, 11) is -3.61. The smallest absolute Gasteiger partial charge is 0.252 e. The summed E-state index contributed by atoms with van der Waals surface area (Å²) in [6.45, 7) is 4.66. The third-order valence-electron chi connectivity index (χ3n) is 5.48. The standard InChI is InChI=1S/C21H25N5O3S/c1-15-9-10-17(30(28,29)25-11-5-3-6-12-25)14-18(15)21(27)22-16(2)20-24-23-19-8-4-7-13-26(19)20/h4,7-10,13-14,16H,3,5-6,11-12H2,1-2H3,(H,22,27). The Bertz CT molecular complexity index is 1180. The van der Waals surface area contributed by atoms with E-state index in [1.807, 2.05) is 35.7 Å². The molecule has 0 aliphatic carbocycles. The quantitative estimate of drug-likeness (QED) is 0.675. The van der Waals surface area contributed by atoms with Gasteiger partial charge in [0.15, 0.2) is 11.5 Å². The number of carbonyl (C=O) groups excluding carboxylic acids is 1. The van der Waals surface area contributed by atoms with Gasteiger partial charge in [-0.15, -0.1) is 10.2 Å². The normalized spacial score (nSPS) is 16.5. The van der Waals surface area contributed by atoms with Crippen molar-refractivity contribution >= 4 is 21.6 Å². The van der Waals surface area contributed by atoms with Crippen molar-refractivity contribution in [1.82, 2.24) is 24.2 Å². The summed E-state index contributed by atoms with van der Waals surface area (Å²) in [5, 5.41) is 11.2. The minimum atomic E-state index is -3.61. The Labute approximate surface area is 176 Å². The Morgan fingerprint density at radius 3 is 2.63 bits per heavy atom. The third-order valence-corrected chi connectivity index (χ3v) is 7.38. The van der Waals surface area contributed by atoms with Crippen LogP contribution in [-0.2, 0) is 10.0 Å². The summed E-state index contributed by atoms with van der Waals surface area (Å²) in [5.74, 6) is 0.261. The van der Waals surface area contributed by atoms with Crippen LogP contribution in [0.25, 0.3) is 5.65 Å². The SMILES string of the molecule is Cc1ccc(S(=O)(=O)N2CCCCC2)cc1C(=O)NC(C)c1nnc2ccccn12. The van der Waals surface area contributed by atoms with Gasteiger partial charge in [0, 0.05) is 24.8 Å². The highest BCUT2D eigenvalue weighted by molar-refractivity contribution is 7.89. The molecule has 30 heavy (non-hydrogen) atoms. The van der Waals surface area contributed by atoms with Crippen LogP contribution in [0.1, 0.15) is 54.0 Å². The fraction of sp³-hybridized carbons (Fsp3) is 0.381. The molecule has 1 fully saturated rings. The van der Waals surface area contributed by atoms with Crippen LogP contribution in [0.5, 0.6) is 0 Å². The summed E-state index contributed by atoms with van der Waals surface area (Å²) in [5.41, 5.74) is 1.75. The zero-order valence-corrected chi connectivity index (χ0v) is 17.9. The molecule has 0 radical (unpaired) electrons. The lowest BCUT2D eigenvalue weighted by molar-refractivity contribution is 0.0937. The zero-order chi connectivity index (χ0) is 21.3. The molecule has 1 amide bonds. The maximum atomic E-state index is 13.0. The molecule has 2 aromatic heterocycles. The first kappa shape index (κ1) is 20.5. The molecular weight excluding hydrogens is 402 g/mol. The van der Waals surface area contributed by atoms with Crippen LogP contribution in [0.2, 0.25) is 0 Å². The fourth-order valence-corrected chi connectivity index (χ4v) is 5.30. The van der Waals surface area contributed by atoms with Gasteiger partial charge in [-0.05, 0) is 56.5 Å². The molecule has 1 aromatic carbocycles. The second kappa shape index (κ2) is 8.16. The molecular formula is C21H25N5O3S. The Morgan fingerprint density at radius 1 is 1.10 bits per heavy atom. The van der Waals surface area contributed by atoms with Crippen LogP contribution in [0.3, 0.4) is 0 Å². The first-order valence-electron chi connectivity index (χ1n) is 10.1. The molecule has 3 aromatic rings. The number of aryl methyl sites for hydroxylation is 1. The molecule has 9 heteroatoms. The van der Waals surface area contributed by atoms with E-state index >= 15 is 0 Å². The van der Waals surface area contributed by atoms with E-state index in [1.54, 1.807) is 19.1 Å². The third kappa shape index (κ3) is 3.82. The number of pyridine rings is 1. The Balaban J connectivity index is 1.59. The molecule has 4 rings (SSSR count). The summed E-state index contributed by atoms with van der Waals surface area (Å²) < 4.78 is 29.3. The number of rotatable bonds is 5. The van der Waals surface area contributed by atoms with E-state index in [0.717, 1.165) is 19.3 Å². The van der Waals surface area contributed by atoms with Gasteiger partial charge in [0.1, 0.15) is 0 Å². The number of benzene rings is 1. The molecule has 1 aliphatic rings. The highest BCUT2D eigenvalue weighted by Gasteiger charge is 2.27. The largest absolute Gasteiger partial charge is 0.342 e. The molecule has 1 atom stereocenters. The summed E-state index contributed by atoms with van der Waals surface area (Å²) in [6.07, 6.45) is 4.61. The van der Waals surface area contributed by atoms with E-state index < -0.39 is 16.1 Å². The average Bonchev–Trinajstić information content (AvgIpc) is 3.19. The zero-order valence-electron chi connectivity index (χ0n) is 17.1. The Kier molecular flexibility index (Phi) is 5.57. The number of hydrogen-bond donors (Lipinski definition) is 1. The van der Waals surface area contributed by atoms with E-state index in [-0.39, 0.29) is 10.8 Å². The number of nitrogens with zero attached hydrogens (tertiary/aromatic N) is 4. The van der Waals surface area contributed by atoms with Crippen LogP contribution in [-0.4, -0.2) is 46.3 Å². The van der Waals surface area contributed by atoms with Gasteiger partial charge in [-0.2, -0.15) is 4.31 Å². The lowest BCUT2D eigenvalue weighted by Crippen LogP contribution is -2.36. The highest BCUT2D eigenvalue weighted by atomic mass is 32.2. The number of amides is 1. The number of nitrogens with one attached hydrogen (secondary N) is 1. The van der Waals surface area contributed by atoms with Crippen molar-refractivity contribution in [2.75, 3.05) is 13.1 Å². The van der Waals surface area contributed by atoms with Crippen molar-refractivity contribution in [1.29, 1.82) is 0 Å². The van der Waals surface area contributed by atoms with Crippen molar-refractivity contribution in [2.24, 2.45) is 0 Å². The first-order chi connectivity index (χ1) is 14.4. The lowest BCUT2D eigenvalue weighted by atomic mass is 10.1. The summed E-state index contributed by atoms with van der Waals surface area (Å²) in [4.78, 5) is 13.1. The highest BCUT2D eigenvalue weighted by Crippen LogP contribution is 2.23. The molecule has 0 spiro atoms. The average molecular weight is 428 g/mol. The maximum absolute atomic E-state index is 13.0. The number of carbonyl (C=O) groups is 1. The van der Waals surface area contributed by atoms with E-state index in [1.165, 1.54) is 10.4 Å². The van der Waals surface area contributed by atoms with Crippen molar-refractivity contribution < 1.29 is 13.2 Å². The van der Waals surface area contributed by atoms with E-state index in [2.05, 4.69) is 15.5 Å². The van der Waals surface area contributed by atoms with Gasteiger partial charge in [0.05, 0.1) is 10.9 Å². The Morgan fingerprint density at radius 2 is 1.87 bits per heavy atom. The van der Waals surface area contributed by atoms with Gasteiger partial charge in [0.25, 0.3) is 5.91 Å². The number of piperidine rings is 1. The second-order valence-electron chi connectivity index (χ2n) is 7.62. The minimum absolute atomic E-state index is 0.153. The van der Waals surface area contributed by atoms with Gasteiger partial charge in [-0.3, -0.25) is 9.20 Å². The van der Waals surface area contributed by atoms with Gasteiger partial charge < -0.3 is 5.32 Å². The van der Waals surface area contributed by atoms with Crippen LogP contribution >= 0.6 is 0 Å². The molecule has 3 heterocycles. The minimum Gasteiger partial charge on any atom is -0.342 e. The molecule has 1 N–H and O–H groups in total. The number of fused-ring (bicyclic) bond motifs is 1. The summed E-state index contributed by atoms with van der Waals surface area (Å²) in [6, 6.07) is 9.90. The molecule has 1 saturated heterocycles. The van der Waals surface area contributed by atoms with Crippen LogP contribution < -0.4 is 5.32 Å². The van der Waals surface area contributed by atoms with Crippen LogP contribution in [0.15, 0.2) is 47.5 Å². The molecule has 1 unspecified atom stereocenters. The van der Waals surface area contributed by atoms with Crippen molar-refractivity contribution in [3.63, 3.8) is 0 Å². The van der Waals surface area contributed by atoms with E-state index in [0.29, 0.717) is 35.7 Å². The fourth-order valence-electron chi connectivity index (χ4n) is 3.75. The van der Waals surface area contributed by atoms with E-state index in [4.69, 9.17) is 0 Å². The first-order valence-corrected chi connectivity index (χ1v) is 11.5. The van der Waals surface area contributed by atoms with Crippen molar-refractivity contribution in [3.8, 4) is 0 Å². The molecule has 1 aliphatic heterocycles. The monoisotopic (exact) mass is 427 g/mol. The molecule has 8 nitrogen and oxygen atoms in total. The number of aromatic nitrogens is 3. The summed E-state index contributed by atoms with van der Waals surface area (Å²) >= 11 is 0. The van der Waals surface area contributed by atoms with Crippen molar-refractivity contribution in [2.45, 2.75) is 44.0 Å². The van der Waals surface area contributed by atoms with Gasteiger partial charge in [-0.25, -0.2) is 8.42 Å². The van der Waals surface area contributed by atoms with Gasteiger partial charge >= 0.3 is 0 Å². The van der Waals surface area contributed by atoms with Crippen molar-refractivity contribution in [3.05, 3.63) is 59.5 Å². The maximum Gasteiger partial charge on any atom is 0.252 e. The van der Waals surface area contributed by atoms with Gasteiger partial charge in [-0.1, -0.05) is 18.6 Å². The number of sulfonamides is 1. The predicted molar refractivity (Wildman–Crippen MR) is 113 cm³/mol. The Hall–Kier alpha value is -2.78. The predicted octanol–water partition coefficient (Wildman–Crippen LogP) is 2.70. The lowest BCUT2D eigenvalue weighted by Gasteiger charge is -2.26. The van der Waals surface area contributed by atoms with Crippen LogP contribution in [0.4, 0.5) is 0 Å². The van der Waals surface area contributed by atoms with Crippen LogP contribution in [0, 0.1) is 6.92 Å². The molecule has 0 saturated carbocycles. The molecule has 158 valence electrons. The van der Waals surface area contributed by atoms with E-state index in [9.17, 15) is 13.2 Å². The topological polar surface area (TPSA) is 96.7 Å². The molecule has 0 bridgehead atoms. The van der Waals surface area contributed by atoms with Gasteiger partial charge in [0.2, 0.25) is 10.0 Å². The number of hydrogen-bond acceptors (Lipinski definition) is 5. The second-order valence-corrected chi connectivity index (χ2v) is 9.56.